The van der Waals surface area contributed by atoms with Crippen LogP contribution in [-0.2, 0) is 0 Å². The van der Waals surface area contributed by atoms with E-state index in [9.17, 15) is 0 Å². The number of rotatable bonds is 3. The van der Waals surface area contributed by atoms with E-state index in [0.717, 1.165) is 16.1 Å². The maximum atomic E-state index is 6.65. The molecule has 0 aliphatic carbocycles. The summed E-state index contributed by atoms with van der Waals surface area (Å²) >= 11 is 14.7. The van der Waals surface area contributed by atoms with Gasteiger partial charge in [-0.3, -0.25) is 0 Å². The molecule has 0 saturated heterocycles. The molecule has 2 rings (SSSR count). The Morgan fingerprint density at radius 1 is 1.00 bits per heavy atom. The third kappa shape index (κ3) is 3.10. The number of hydrogen-bond acceptors (Lipinski definition) is 1. The largest absolute Gasteiger partial charge is 0.129 e. The van der Waals surface area contributed by atoms with Crippen molar-refractivity contribution in [1.82, 2.24) is 0 Å². The highest BCUT2D eigenvalue weighted by atomic mass is 35.5. The fourth-order valence-electron chi connectivity index (χ4n) is 2.04. The summed E-state index contributed by atoms with van der Waals surface area (Å²) in [6, 6.07) is 12.3. The third-order valence-electron chi connectivity index (χ3n) is 3.30. The number of halogens is 2. The Kier molecular flexibility index (Phi) is 4.83. The highest BCUT2D eigenvalue weighted by Crippen LogP contribution is 2.38. The monoisotopic (exact) mass is 310 g/mol. The Labute approximate surface area is 129 Å². The lowest BCUT2D eigenvalue weighted by Crippen LogP contribution is -1.98. The van der Waals surface area contributed by atoms with Crippen LogP contribution in [0.15, 0.2) is 41.3 Å². The van der Waals surface area contributed by atoms with Gasteiger partial charge in [-0.1, -0.05) is 35.9 Å². The van der Waals surface area contributed by atoms with Gasteiger partial charge in [0.2, 0.25) is 0 Å². The molecule has 0 saturated carbocycles. The molecule has 0 fully saturated rings. The summed E-state index contributed by atoms with van der Waals surface area (Å²) in [5.41, 5.74) is 4.50. The summed E-state index contributed by atoms with van der Waals surface area (Å²) in [6.45, 7) is 4.14. The first-order valence-corrected chi connectivity index (χ1v) is 8.12. The van der Waals surface area contributed by atoms with Crippen LogP contribution in [0.25, 0.3) is 0 Å². The van der Waals surface area contributed by atoms with Gasteiger partial charge in [0, 0.05) is 9.92 Å². The van der Waals surface area contributed by atoms with Gasteiger partial charge in [0.25, 0.3) is 0 Å². The Hall–Kier alpha value is -0.630. The maximum absolute atomic E-state index is 6.65. The molecule has 0 spiro atoms. The average Bonchev–Trinajstić information content (AvgIpc) is 2.42. The molecule has 0 radical (unpaired) electrons. The Bertz CT molecular complexity index is 593. The number of aryl methyl sites for hydroxylation is 2. The number of alkyl halides is 1. The highest BCUT2D eigenvalue weighted by Gasteiger charge is 2.17. The average molecular weight is 311 g/mol. The minimum absolute atomic E-state index is 0.213. The smallest absolute Gasteiger partial charge is 0.0860 e. The molecular formula is C16H16Cl2S. The fraction of sp³-hybridized carbons (Fsp3) is 0.250. The standard InChI is InChI=1S/C16H16Cl2S/c1-10-8-13(14(17)9-11(10)2)16(18)12-6-4-5-7-15(12)19-3/h4-9,16H,1-3H3. The number of thioether (sulfide) groups is 1. The van der Waals surface area contributed by atoms with E-state index in [-0.39, 0.29) is 5.38 Å². The zero-order chi connectivity index (χ0) is 14.0. The Morgan fingerprint density at radius 2 is 1.63 bits per heavy atom. The topological polar surface area (TPSA) is 0 Å². The highest BCUT2D eigenvalue weighted by molar-refractivity contribution is 7.98. The van der Waals surface area contributed by atoms with Gasteiger partial charge >= 0.3 is 0 Å². The van der Waals surface area contributed by atoms with Crippen LogP contribution in [0.4, 0.5) is 0 Å². The van der Waals surface area contributed by atoms with Gasteiger partial charge in [0.15, 0.2) is 0 Å². The first kappa shape index (κ1) is 14.8. The summed E-state index contributed by atoms with van der Waals surface area (Å²) in [7, 11) is 0. The van der Waals surface area contributed by atoms with E-state index in [0.29, 0.717) is 0 Å². The molecule has 0 aliphatic heterocycles. The maximum Gasteiger partial charge on any atom is 0.0860 e. The Balaban J connectivity index is 2.50. The fourth-order valence-corrected chi connectivity index (χ4v) is 3.50. The molecule has 2 aromatic carbocycles. The molecule has 2 aromatic rings. The zero-order valence-corrected chi connectivity index (χ0v) is 13.5. The van der Waals surface area contributed by atoms with Crippen molar-refractivity contribution in [3.63, 3.8) is 0 Å². The second kappa shape index (κ2) is 6.21. The van der Waals surface area contributed by atoms with E-state index in [2.05, 4.69) is 38.3 Å². The van der Waals surface area contributed by atoms with Crippen molar-refractivity contribution in [2.75, 3.05) is 6.26 Å². The van der Waals surface area contributed by atoms with Crippen molar-refractivity contribution in [3.05, 3.63) is 63.7 Å². The lowest BCUT2D eigenvalue weighted by Gasteiger charge is -2.17. The van der Waals surface area contributed by atoms with Crippen molar-refractivity contribution in [3.8, 4) is 0 Å². The van der Waals surface area contributed by atoms with Gasteiger partial charge in [0.1, 0.15) is 0 Å². The summed E-state index contributed by atoms with van der Waals surface area (Å²) in [6.07, 6.45) is 2.06. The minimum atomic E-state index is -0.213. The SMILES string of the molecule is CSc1ccccc1C(Cl)c1cc(C)c(C)cc1Cl. The van der Waals surface area contributed by atoms with E-state index < -0.39 is 0 Å². The summed E-state index contributed by atoms with van der Waals surface area (Å²) in [4.78, 5) is 1.19. The van der Waals surface area contributed by atoms with Gasteiger partial charge in [-0.05, 0) is 54.5 Å². The molecule has 1 atom stereocenters. The molecule has 0 aromatic heterocycles. The molecule has 3 heteroatoms. The summed E-state index contributed by atoms with van der Waals surface area (Å²) in [5.74, 6) is 0. The molecule has 0 aliphatic rings. The number of hydrogen-bond donors (Lipinski definition) is 0. The normalized spacial score (nSPS) is 12.5. The quantitative estimate of drug-likeness (QED) is 0.494. The minimum Gasteiger partial charge on any atom is -0.129 e. The second-order valence-corrected chi connectivity index (χ2v) is 6.25. The van der Waals surface area contributed by atoms with E-state index in [1.54, 1.807) is 11.8 Å². The molecule has 100 valence electrons. The molecule has 1 unspecified atom stereocenters. The van der Waals surface area contributed by atoms with Crippen LogP contribution >= 0.6 is 35.0 Å². The molecule has 0 N–H and O–H groups in total. The van der Waals surface area contributed by atoms with Gasteiger partial charge < -0.3 is 0 Å². The van der Waals surface area contributed by atoms with Crippen LogP contribution in [0.3, 0.4) is 0 Å². The van der Waals surface area contributed by atoms with Crippen LogP contribution in [0, 0.1) is 13.8 Å². The van der Waals surface area contributed by atoms with E-state index in [4.69, 9.17) is 23.2 Å². The first-order valence-electron chi connectivity index (χ1n) is 6.08. The van der Waals surface area contributed by atoms with Crippen LogP contribution < -0.4 is 0 Å². The summed E-state index contributed by atoms with van der Waals surface area (Å²) in [5, 5.41) is 0.523. The molecule has 0 heterocycles. The third-order valence-corrected chi connectivity index (χ3v) is 4.91. The molecule has 0 bridgehead atoms. The van der Waals surface area contributed by atoms with Crippen molar-refractivity contribution >= 4 is 35.0 Å². The second-order valence-electron chi connectivity index (χ2n) is 4.56. The van der Waals surface area contributed by atoms with Gasteiger partial charge in [-0.2, -0.15) is 0 Å². The van der Waals surface area contributed by atoms with Gasteiger partial charge in [0.05, 0.1) is 5.38 Å². The van der Waals surface area contributed by atoms with Gasteiger partial charge in [-0.15, -0.1) is 23.4 Å². The zero-order valence-electron chi connectivity index (χ0n) is 11.2. The molecule has 0 amide bonds. The van der Waals surface area contributed by atoms with Crippen LogP contribution in [0.2, 0.25) is 5.02 Å². The van der Waals surface area contributed by atoms with Crippen LogP contribution in [-0.4, -0.2) is 6.26 Å². The lowest BCUT2D eigenvalue weighted by atomic mass is 10.00. The summed E-state index contributed by atoms with van der Waals surface area (Å²) < 4.78 is 0. The van der Waals surface area contributed by atoms with Crippen molar-refractivity contribution in [1.29, 1.82) is 0 Å². The van der Waals surface area contributed by atoms with Crippen LogP contribution in [0.1, 0.15) is 27.6 Å². The first-order chi connectivity index (χ1) is 9.04. The van der Waals surface area contributed by atoms with Crippen molar-refractivity contribution in [2.45, 2.75) is 24.1 Å². The molecule has 19 heavy (non-hydrogen) atoms. The predicted molar refractivity (Wildman–Crippen MR) is 86.8 cm³/mol. The van der Waals surface area contributed by atoms with E-state index >= 15 is 0 Å². The molecule has 0 nitrogen and oxygen atoms in total. The van der Waals surface area contributed by atoms with Crippen LogP contribution in [0.5, 0.6) is 0 Å². The van der Waals surface area contributed by atoms with Crippen molar-refractivity contribution < 1.29 is 0 Å². The van der Waals surface area contributed by atoms with Gasteiger partial charge in [-0.25, -0.2) is 0 Å². The lowest BCUT2D eigenvalue weighted by molar-refractivity contribution is 1.08. The predicted octanol–water partition coefficient (Wildman–Crippen LogP) is 6.01. The van der Waals surface area contributed by atoms with Crippen molar-refractivity contribution in [2.24, 2.45) is 0 Å². The van der Waals surface area contributed by atoms with E-state index in [1.165, 1.54) is 16.0 Å². The molecular weight excluding hydrogens is 295 g/mol. The Morgan fingerprint density at radius 3 is 2.32 bits per heavy atom. The number of benzene rings is 2. The van der Waals surface area contributed by atoms with E-state index in [1.807, 2.05) is 18.2 Å².